The molecule has 0 spiro atoms. The third kappa shape index (κ3) is 4.66. The lowest BCUT2D eigenvalue weighted by Crippen LogP contribution is -2.13. The molecule has 0 unspecified atom stereocenters. The zero-order valence-corrected chi connectivity index (χ0v) is 14.9. The summed E-state index contributed by atoms with van der Waals surface area (Å²) in [6.45, 7) is -0.0375. The molecule has 3 rings (SSSR count). The van der Waals surface area contributed by atoms with Crippen LogP contribution in [0.3, 0.4) is 0 Å². The maximum atomic E-state index is 11.8. The van der Waals surface area contributed by atoms with Crippen molar-refractivity contribution in [2.45, 2.75) is 6.61 Å². The van der Waals surface area contributed by atoms with Gasteiger partial charge >= 0.3 is 6.09 Å². The Morgan fingerprint density at radius 2 is 1.80 bits per heavy atom. The quantitative estimate of drug-likeness (QED) is 0.582. The van der Waals surface area contributed by atoms with Gasteiger partial charge in [0.05, 0.1) is 10.0 Å². The van der Waals surface area contributed by atoms with E-state index in [2.05, 4.69) is 10.5 Å². The molecule has 0 aliphatic rings. The molecule has 1 amide bonds. The summed E-state index contributed by atoms with van der Waals surface area (Å²) in [4.78, 5) is 11.8. The Balaban J connectivity index is 1.58. The van der Waals surface area contributed by atoms with E-state index in [1.807, 2.05) is 0 Å². The molecule has 0 aliphatic heterocycles. The monoisotopic (exact) mass is 396 g/mol. The molecule has 0 radical (unpaired) electrons. The topological polar surface area (TPSA) is 64.4 Å². The number of halogens is 3. The van der Waals surface area contributed by atoms with Gasteiger partial charge in [-0.05, 0) is 42.5 Å². The van der Waals surface area contributed by atoms with E-state index in [-0.39, 0.29) is 6.61 Å². The van der Waals surface area contributed by atoms with E-state index in [0.717, 1.165) is 5.56 Å². The Kier molecular flexibility index (Phi) is 5.48. The normalized spacial score (nSPS) is 10.5. The van der Waals surface area contributed by atoms with Gasteiger partial charge in [0.25, 0.3) is 0 Å². The highest BCUT2D eigenvalue weighted by atomic mass is 35.5. The van der Waals surface area contributed by atoms with Crippen molar-refractivity contribution in [3.63, 3.8) is 0 Å². The van der Waals surface area contributed by atoms with Gasteiger partial charge in [0, 0.05) is 22.3 Å². The van der Waals surface area contributed by atoms with E-state index in [0.29, 0.717) is 32.2 Å². The van der Waals surface area contributed by atoms with Gasteiger partial charge in [0.2, 0.25) is 0 Å². The number of hydrogen-bond donors (Lipinski definition) is 1. The first-order chi connectivity index (χ1) is 12.0. The molecule has 25 heavy (non-hydrogen) atoms. The second kappa shape index (κ2) is 7.78. The summed E-state index contributed by atoms with van der Waals surface area (Å²) in [5.41, 5.74) is 1.76. The highest BCUT2D eigenvalue weighted by Gasteiger charge is 2.11. The van der Waals surface area contributed by atoms with Crippen molar-refractivity contribution >= 4 is 46.6 Å². The minimum atomic E-state index is -0.610. The lowest BCUT2D eigenvalue weighted by molar-refractivity contribution is 0.152. The maximum Gasteiger partial charge on any atom is 0.412 e. The molecule has 0 saturated heterocycles. The average Bonchev–Trinajstić information content (AvgIpc) is 3.07. The van der Waals surface area contributed by atoms with Gasteiger partial charge in [-0.3, -0.25) is 5.32 Å². The predicted octanol–water partition coefficient (Wildman–Crippen LogP) is 6.05. The summed E-state index contributed by atoms with van der Waals surface area (Å²) < 4.78 is 10.3. The Labute approximate surface area is 158 Å². The van der Waals surface area contributed by atoms with Crippen LogP contribution in [0, 0.1) is 0 Å². The number of carbonyl (C=O) groups is 1. The molecule has 1 heterocycles. The summed E-state index contributed by atoms with van der Waals surface area (Å²) >= 11 is 17.6. The van der Waals surface area contributed by atoms with Gasteiger partial charge < -0.3 is 9.26 Å². The molecule has 2 aromatic carbocycles. The van der Waals surface area contributed by atoms with Gasteiger partial charge in [-0.25, -0.2) is 4.79 Å². The molecule has 0 fully saturated rings. The first kappa shape index (κ1) is 17.6. The molecular weight excluding hydrogens is 387 g/mol. The summed E-state index contributed by atoms with van der Waals surface area (Å²) in [6, 6.07) is 13.4. The van der Waals surface area contributed by atoms with Crippen molar-refractivity contribution in [1.29, 1.82) is 0 Å². The van der Waals surface area contributed by atoms with Crippen LogP contribution in [-0.2, 0) is 11.3 Å². The van der Waals surface area contributed by atoms with Crippen molar-refractivity contribution in [3.05, 3.63) is 69.3 Å². The number of nitrogens with one attached hydrogen (secondary N) is 1. The number of amides is 1. The molecule has 128 valence electrons. The Morgan fingerprint density at radius 3 is 2.52 bits per heavy atom. The van der Waals surface area contributed by atoms with Crippen molar-refractivity contribution in [1.82, 2.24) is 5.16 Å². The van der Waals surface area contributed by atoms with Gasteiger partial charge in [-0.1, -0.05) is 40.0 Å². The lowest BCUT2D eigenvalue weighted by Gasteiger charge is -2.05. The Hall–Kier alpha value is -2.21. The molecule has 1 N–H and O–H groups in total. The van der Waals surface area contributed by atoms with Gasteiger partial charge in [-0.15, -0.1) is 0 Å². The van der Waals surface area contributed by atoms with Crippen LogP contribution in [-0.4, -0.2) is 11.2 Å². The minimum absolute atomic E-state index is 0.0375. The second-order valence-electron chi connectivity index (χ2n) is 5.02. The number of aromatic nitrogens is 1. The smallest absolute Gasteiger partial charge is 0.412 e. The third-order valence-corrected chi connectivity index (χ3v) is 4.20. The number of ether oxygens (including phenoxy) is 1. The van der Waals surface area contributed by atoms with Gasteiger partial charge in [0.15, 0.2) is 5.76 Å². The van der Waals surface area contributed by atoms with E-state index in [1.54, 1.807) is 48.5 Å². The van der Waals surface area contributed by atoms with Crippen LogP contribution in [0.2, 0.25) is 15.1 Å². The van der Waals surface area contributed by atoms with Crippen LogP contribution >= 0.6 is 34.8 Å². The fraction of sp³-hybridized carbons (Fsp3) is 0.0588. The highest BCUT2D eigenvalue weighted by molar-refractivity contribution is 6.42. The zero-order chi connectivity index (χ0) is 17.8. The molecule has 0 bridgehead atoms. The van der Waals surface area contributed by atoms with Crippen LogP contribution in [0.25, 0.3) is 11.3 Å². The number of anilines is 1. The minimum Gasteiger partial charge on any atom is -0.443 e. The number of benzene rings is 2. The van der Waals surface area contributed by atoms with E-state index in [9.17, 15) is 4.79 Å². The molecule has 3 aromatic rings. The standard InChI is InChI=1S/C17H11Cl3N2O3/c18-11-2-4-12(5-3-11)21-17(23)24-9-13-8-16(25-22-13)10-1-6-14(19)15(20)7-10/h1-8H,9H2,(H,21,23). The third-order valence-electron chi connectivity index (χ3n) is 3.20. The number of carbonyl (C=O) groups excluding carboxylic acids is 1. The highest BCUT2D eigenvalue weighted by Crippen LogP contribution is 2.29. The molecule has 0 aliphatic carbocycles. The van der Waals surface area contributed by atoms with Gasteiger partial charge in [0.1, 0.15) is 12.3 Å². The average molecular weight is 398 g/mol. The van der Waals surface area contributed by atoms with Crippen LogP contribution in [0.4, 0.5) is 10.5 Å². The van der Waals surface area contributed by atoms with E-state index >= 15 is 0 Å². The Morgan fingerprint density at radius 1 is 1.04 bits per heavy atom. The largest absolute Gasteiger partial charge is 0.443 e. The van der Waals surface area contributed by atoms with Crippen molar-refractivity contribution < 1.29 is 14.1 Å². The zero-order valence-electron chi connectivity index (χ0n) is 12.6. The van der Waals surface area contributed by atoms with Crippen molar-refractivity contribution in [2.75, 3.05) is 5.32 Å². The van der Waals surface area contributed by atoms with Crippen LogP contribution in [0.15, 0.2) is 53.1 Å². The van der Waals surface area contributed by atoms with Crippen LogP contribution in [0.5, 0.6) is 0 Å². The van der Waals surface area contributed by atoms with Gasteiger partial charge in [-0.2, -0.15) is 0 Å². The lowest BCUT2D eigenvalue weighted by atomic mass is 10.1. The molecule has 0 saturated carbocycles. The molecule has 1 aromatic heterocycles. The number of nitrogens with zero attached hydrogens (tertiary/aromatic N) is 1. The fourth-order valence-electron chi connectivity index (χ4n) is 1.99. The first-order valence-electron chi connectivity index (χ1n) is 7.11. The summed E-state index contributed by atoms with van der Waals surface area (Å²) in [5.74, 6) is 0.496. The van der Waals surface area contributed by atoms with Crippen LogP contribution in [0.1, 0.15) is 5.69 Å². The first-order valence-corrected chi connectivity index (χ1v) is 8.25. The maximum absolute atomic E-state index is 11.8. The second-order valence-corrected chi connectivity index (χ2v) is 6.27. The van der Waals surface area contributed by atoms with E-state index in [1.165, 1.54) is 0 Å². The summed E-state index contributed by atoms with van der Waals surface area (Å²) in [5, 5.41) is 7.89. The molecule has 5 nitrogen and oxygen atoms in total. The van der Waals surface area contributed by atoms with Crippen LogP contribution < -0.4 is 5.32 Å². The fourth-order valence-corrected chi connectivity index (χ4v) is 2.42. The Bertz CT molecular complexity index is 894. The van der Waals surface area contributed by atoms with Crippen molar-refractivity contribution in [3.8, 4) is 11.3 Å². The SMILES string of the molecule is O=C(Nc1ccc(Cl)cc1)OCc1cc(-c2ccc(Cl)c(Cl)c2)on1. The molecular formula is C17H11Cl3N2O3. The number of rotatable bonds is 4. The number of hydrogen-bond acceptors (Lipinski definition) is 4. The van der Waals surface area contributed by atoms with E-state index < -0.39 is 6.09 Å². The molecule has 8 heteroatoms. The summed E-state index contributed by atoms with van der Waals surface area (Å²) in [6.07, 6.45) is -0.610. The summed E-state index contributed by atoms with van der Waals surface area (Å²) in [7, 11) is 0. The van der Waals surface area contributed by atoms with E-state index in [4.69, 9.17) is 44.1 Å². The van der Waals surface area contributed by atoms with Crippen molar-refractivity contribution in [2.24, 2.45) is 0 Å². The molecule has 0 atom stereocenters. The predicted molar refractivity (Wildman–Crippen MR) is 97.2 cm³/mol.